The zero-order valence-electron chi connectivity index (χ0n) is 17.9. The molecular formula is C23H40O2Si. The Kier molecular flexibility index (Phi) is 4.55. The molecule has 0 aromatic rings. The van der Waals surface area contributed by atoms with Crippen LogP contribution in [0, 0.1) is 40.4 Å². The average Bonchev–Trinajstić information content (AvgIpc) is 2.84. The molecule has 4 rings (SSSR count). The molecule has 0 bridgehead atoms. The molecule has 0 heterocycles. The first-order valence-corrected chi connectivity index (χ1v) is 14.7. The van der Waals surface area contributed by atoms with E-state index >= 15 is 0 Å². The molecule has 4 fully saturated rings. The SMILES string of the molecule is CC1C[C@@H]2CCC3C4CC[C@H](O[Si](C)(C)C)[C@@]4(C)CCC3[C@@]2(C)CC1=O. The Labute approximate surface area is 162 Å². The fourth-order valence-electron chi connectivity index (χ4n) is 7.88. The summed E-state index contributed by atoms with van der Waals surface area (Å²) in [6.45, 7) is 14.2. The Morgan fingerprint density at radius 1 is 0.962 bits per heavy atom. The Balaban J connectivity index is 1.58. The van der Waals surface area contributed by atoms with Gasteiger partial charge in [-0.15, -0.1) is 0 Å². The predicted molar refractivity (Wildman–Crippen MR) is 110 cm³/mol. The van der Waals surface area contributed by atoms with Gasteiger partial charge in [0, 0.05) is 12.3 Å². The molecule has 0 radical (unpaired) electrons. The second kappa shape index (κ2) is 6.17. The third-order valence-electron chi connectivity index (χ3n) is 9.22. The Morgan fingerprint density at radius 2 is 1.65 bits per heavy atom. The molecule has 0 spiro atoms. The number of carbonyl (C=O) groups is 1. The zero-order valence-corrected chi connectivity index (χ0v) is 18.9. The monoisotopic (exact) mass is 376 g/mol. The van der Waals surface area contributed by atoms with Crippen LogP contribution in [0.2, 0.25) is 19.6 Å². The van der Waals surface area contributed by atoms with Crippen LogP contribution in [0.5, 0.6) is 0 Å². The first-order valence-electron chi connectivity index (χ1n) is 11.2. The third-order valence-corrected chi connectivity index (χ3v) is 10.2. The first kappa shape index (κ1) is 19.2. The van der Waals surface area contributed by atoms with E-state index in [2.05, 4.69) is 40.4 Å². The van der Waals surface area contributed by atoms with Crippen molar-refractivity contribution >= 4 is 14.1 Å². The summed E-state index contributed by atoms with van der Waals surface area (Å²) in [5.74, 6) is 4.09. The van der Waals surface area contributed by atoms with Gasteiger partial charge in [-0.2, -0.15) is 0 Å². The molecule has 26 heavy (non-hydrogen) atoms. The van der Waals surface area contributed by atoms with Gasteiger partial charge in [-0.05, 0) is 99.1 Å². The summed E-state index contributed by atoms with van der Waals surface area (Å²) >= 11 is 0. The second-order valence-electron chi connectivity index (χ2n) is 11.8. The molecule has 0 aromatic heterocycles. The summed E-state index contributed by atoms with van der Waals surface area (Å²) in [5.41, 5.74) is 0.669. The summed E-state index contributed by atoms with van der Waals surface area (Å²) in [6, 6.07) is 0. The van der Waals surface area contributed by atoms with E-state index in [0.29, 0.717) is 23.2 Å². The number of rotatable bonds is 2. The van der Waals surface area contributed by atoms with Gasteiger partial charge in [0.1, 0.15) is 5.78 Å². The standard InChI is InChI=1S/C23H40O2Si/c1-15-13-16-7-8-17-18-9-10-21(25-26(4,5)6)22(18,2)12-11-19(17)23(16,3)14-20(15)24/h15-19,21H,7-14H2,1-6H3/t15?,16-,17?,18?,19?,21-,22-,23-/m0/s1. The molecule has 0 saturated heterocycles. The molecule has 0 aliphatic heterocycles. The number of Topliss-reactive ketones (excluding diaryl/α,β-unsaturated/α-hetero) is 1. The highest BCUT2D eigenvalue weighted by Crippen LogP contribution is 2.66. The van der Waals surface area contributed by atoms with Gasteiger partial charge in [0.2, 0.25) is 0 Å². The van der Waals surface area contributed by atoms with E-state index in [4.69, 9.17) is 4.43 Å². The summed E-state index contributed by atoms with van der Waals surface area (Å²) in [6.07, 6.45) is 10.5. The van der Waals surface area contributed by atoms with E-state index < -0.39 is 8.32 Å². The fraction of sp³-hybridized carbons (Fsp3) is 0.957. The zero-order chi connectivity index (χ0) is 18.9. The van der Waals surface area contributed by atoms with Crippen molar-refractivity contribution in [2.75, 3.05) is 0 Å². The van der Waals surface area contributed by atoms with Gasteiger partial charge in [-0.25, -0.2) is 0 Å². The number of fused-ring (bicyclic) bond motifs is 5. The molecule has 0 aromatic carbocycles. The first-order chi connectivity index (χ1) is 12.0. The lowest BCUT2D eigenvalue weighted by Gasteiger charge is -2.60. The van der Waals surface area contributed by atoms with Crippen molar-refractivity contribution in [3.63, 3.8) is 0 Å². The van der Waals surface area contributed by atoms with E-state index in [1.165, 1.54) is 38.5 Å². The lowest BCUT2D eigenvalue weighted by Crippen LogP contribution is -2.55. The molecule has 3 heteroatoms. The second-order valence-corrected chi connectivity index (χ2v) is 16.2. The molecule has 2 nitrogen and oxygen atoms in total. The smallest absolute Gasteiger partial charge is 0.184 e. The minimum Gasteiger partial charge on any atom is -0.414 e. The van der Waals surface area contributed by atoms with Gasteiger partial charge < -0.3 is 4.43 Å². The van der Waals surface area contributed by atoms with Crippen LogP contribution in [0.3, 0.4) is 0 Å². The van der Waals surface area contributed by atoms with Crippen LogP contribution in [-0.4, -0.2) is 20.2 Å². The van der Waals surface area contributed by atoms with Gasteiger partial charge in [0.25, 0.3) is 0 Å². The molecule has 148 valence electrons. The van der Waals surface area contributed by atoms with E-state index in [9.17, 15) is 4.79 Å². The van der Waals surface area contributed by atoms with E-state index in [0.717, 1.165) is 36.5 Å². The largest absolute Gasteiger partial charge is 0.414 e. The van der Waals surface area contributed by atoms with Gasteiger partial charge in [0.15, 0.2) is 8.32 Å². The molecule has 4 saturated carbocycles. The van der Waals surface area contributed by atoms with Crippen LogP contribution in [-0.2, 0) is 9.22 Å². The summed E-state index contributed by atoms with van der Waals surface area (Å²) < 4.78 is 6.70. The average molecular weight is 377 g/mol. The van der Waals surface area contributed by atoms with Gasteiger partial charge in [-0.1, -0.05) is 20.8 Å². The van der Waals surface area contributed by atoms with Crippen molar-refractivity contribution in [3.8, 4) is 0 Å². The lowest BCUT2D eigenvalue weighted by atomic mass is 9.44. The van der Waals surface area contributed by atoms with E-state index in [1.54, 1.807) is 0 Å². The van der Waals surface area contributed by atoms with Crippen LogP contribution < -0.4 is 0 Å². The van der Waals surface area contributed by atoms with Crippen LogP contribution in [0.25, 0.3) is 0 Å². The van der Waals surface area contributed by atoms with E-state index in [1.807, 2.05) is 0 Å². The highest BCUT2D eigenvalue weighted by atomic mass is 28.4. The number of hydrogen-bond donors (Lipinski definition) is 0. The van der Waals surface area contributed by atoms with E-state index in [-0.39, 0.29) is 5.41 Å². The normalized spacial score (nSPS) is 51.5. The lowest BCUT2D eigenvalue weighted by molar-refractivity contribution is -0.149. The van der Waals surface area contributed by atoms with Crippen LogP contribution in [0.15, 0.2) is 0 Å². The molecule has 4 unspecified atom stereocenters. The summed E-state index contributed by atoms with van der Waals surface area (Å²) in [4.78, 5) is 12.6. The van der Waals surface area contributed by atoms with Crippen molar-refractivity contribution in [2.45, 2.75) is 97.9 Å². The third kappa shape index (κ3) is 2.87. The molecule has 4 aliphatic carbocycles. The minimum absolute atomic E-state index is 0.283. The van der Waals surface area contributed by atoms with Gasteiger partial charge >= 0.3 is 0 Å². The Bertz CT molecular complexity index is 581. The van der Waals surface area contributed by atoms with Crippen molar-refractivity contribution < 1.29 is 9.22 Å². The maximum Gasteiger partial charge on any atom is 0.184 e. The van der Waals surface area contributed by atoms with Gasteiger partial charge in [-0.3, -0.25) is 4.79 Å². The topological polar surface area (TPSA) is 26.3 Å². The maximum absolute atomic E-state index is 12.6. The van der Waals surface area contributed by atoms with Gasteiger partial charge in [0.05, 0.1) is 6.10 Å². The summed E-state index contributed by atoms with van der Waals surface area (Å²) in [7, 11) is -1.49. The molecule has 0 N–H and O–H groups in total. The fourth-order valence-corrected chi connectivity index (χ4v) is 9.12. The van der Waals surface area contributed by atoms with Crippen molar-refractivity contribution in [2.24, 2.45) is 40.4 Å². The van der Waals surface area contributed by atoms with Crippen LogP contribution in [0.4, 0.5) is 0 Å². The van der Waals surface area contributed by atoms with Crippen LogP contribution in [0.1, 0.15) is 72.1 Å². The Morgan fingerprint density at radius 3 is 2.35 bits per heavy atom. The molecule has 8 atom stereocenters. The molecule has 4 aliphatic rings. The quantitative estimate of drug-likeness (QED) is 0.547. The molecular weight excluding hydrogens is 336 g/mol. The minimum atomic E-state index is -1.49. The highest BCUT2D eigenvalue weighted by molar-refractivity contribution is 6.69. The number of carbonyl (C=O) groups excluding carboxylic acids is 1. The molecule has 0 amide bonds. The van der Waals surface area contributed by atoms with Crippen molar-refractivity contribution in [1.29, 1.82) is 0 Å². The van der Waals surface area contributed by atoms with Crippen molar-refractivity contribution in [3.05, 3.63) is 0 Å². The number of ketones is 1. The van der Waals surface area contributed by atoms with Crippen LogP contribution >= 0.6 is 0 Å². The Hall–Kier alpha value is -0.153. The maximum atomic E-state index is 12.6. The van der Waals surface area contributed by atoms with Crippen molar-refractivity contribution in [1.82, 2.24) is 0 Å². The predicted octanol–water partition coefficient (Wildman–Crippen LogP) is 6.06. The highest BCUT2D eigenvalue weighted by Gasteiger charge is 2.61. The number of hydrogen-bond acceptors (Lipinski definition) is 2. The summed E-state index contributed by atoms with van der Waals surface area (Å²) in [5, 5.41) is 0.